The number of hydrogen-bond acceptors (Lipinski definition) is 6. The van der Waals surface area contributed by atoms with Crippen LogP contribution >= 0.6 is 0 Å². The Hall–Kier alpha value is -4.31. The van der Waals surface area contributed by atoms with Crippen LogP contribution in [0, 0.1) is 5.82 Å². The summed E-state index contributed by atoms with van der Waals surface area (Å²) < 4.78 is 25.7. The molecule has 36 heavy (non-hydrogen) atoms. The van der Waals surface area contributed by atoms with Gasteiger partial charge in [-0.1, -0.05) is 29.5 Å². The second-order valence-electron chi connectivity index (χ2n) is 7.94. The quantitative estimate of drug-likeness (QED) is 0.342. The number of fused-ring (bicyclic) bond motifs is 1. The lowest BCUT2D eigenvalue weighted by Crippen LogP contribution is -2.46. The number of hydrogen-bond donors (Lipinski definition) is 1. The highest BCUT2D eigenvalue weighted by molar-refractivity contribution is 6.01. The van der Waals surface area contributed by atoms with Crippen LogP contribution in [0.5, 0.6) is 5.75 Å². The van der Waals surface area contributed by atoms with Gasteiger partial charge >= 0.3 is 0 Å². The van der Waals surface area contributed by atoms with E-state index < -0.39 is 23.7 Å². The van der Waals surface area contributed by atoms with Gasteiger partial charge in [0.15, 0.2) is 0 Å². The third-order valence-corrected chi connectivity index (χ3v) is 5.60. The average molecular weight is 492 g/mol. The minimum Gasteiger partial charge on any atom is -0.497 e. The van der Waals surface area contributed by atoms with Crippen LogP contribution in [0.3, 0.4) is 0 Å². The average Bonchev–Trinajstić information content (AvgIpc) is 3.30. The second-order valence-corrected chi connectivity index (χ2v) is 7.94. The van der Waals surface area contributed by atoms with Gasteiger partial charge in [-0.15, -0.1) is 5.10 Å². The van der Waals surface area contributed by atoms with Crippen molar-refractivity contribution in [3.63, 3.8) is 0 Å². The third-order valence-electron chi connectivity index (χ3n) is 5.60. The molecule has 1 aromatic heterocycles. The van der Waals surface area contributed by atoms with Crippen LogP contribution in [0.25, 0.3) is 11.0 Å². The molecule has 0 saturated heterocycles. The first-order chi connectivity index (χ1) is 17.5. The summed E-state index contributed by atoms with van der Waals surface area (Å²) in [5.41, 5.74) is 2.18. The molecule has 0 aliphatic carbocycles. The predicted molar refractivity (Wildman–Crippen MR) is 132 cm³/mol. The summed E-state index contributed by atoms with van der Waals surface area (Å²) in [5.74, 6) is -0.805. The zero-order valence-corrected chi connectivity index (χ0v) is 19.9. The molecule has 186 valence electrons. The summed E-state index contributed by atoms with van der Waals surface area (Å²) in [5, 5.41) is 11.0. The first-order valence-electron chi connectivity index (χ1n) is 11.3. The zero-order valence-electron chi connectivity index (χ0n) is 19.9. The summed E-state index contributed by atoms with van der Waals surface area (Å²) in [6.07, 6.45) is 0. The standard InChI is InChI=1S/C26H26FN5O4/c1-35-15-14-28-26(34)25(18-6-5-7-21(16-18)36-2)32(20-12-10-19(27)11-13-20)24(33)17-31-23-9-4-3-8-22(23)29-30-31/h3-13,16,25H,14-15,17H2,1-2H3,(H,28,34)/t25-/m1/s1. The van der Waals surface area contributed by atoms with Gasteiger partial charge in [0, 0.05) is 19.3 Å². The number of carbonyl (C=O) groups excluding carboxylic acids is 2. The minimum atomic E-state index is -1.08. The summed E-state index contributed by atoms with van der Waals surface area (Å²) in [6, 6.07) is 18.5. The second kappa shape index (κ2) is 11.4. The minimum absolute atomic E-state index is 0.191. The lowest BCUT2D eigenvalue weighted by molar-refractivity contribution is -0.127. The molecule has 0 bridgehead atoms. The van der Waals surface area contributed by atoms with Crippen LogP contribution in [-0.4, -0.2) is 54.2 Å². The maximum absolute atomic E-state index is 13.9. The molecule has 0 spiro atoms. The van der Waals surface area contributed by atoms with Crippen LogP contribution < -0.4 is 15.0 Å². The number of amides is 2. The molecule has 1 atom stereocenters. The number of nitrogens with one attached hydrogen (secondary N) is 1. The highest BCUT2D eigenvalue weighted by Crippen LogP contribution is 2.30. The Labute approximate surface area is 207 Å². The number of ether oxygens (including phenoxy) is 2. The summed E-state index contributed by atoms with van der Waals surface area (Å²) in [6.45, 7) is 0.352. The number of aromatic nitrogens is 3. The number of para-hydroxylation sites is 1. The van der Waals surface area contributed by atoms with Crippen molar-refractivity contribution in [2.45, 2.75) is 12.6 Å². The van der Waals surface area contributed by atoms with Gasteiger partial charge in [-0.3, -0.25) is 14.5 Å². The topological polar surface area (TPSA) is 98.6 Å². The van der Waals surface area contributed by atoms with E-state index in [1.807, 2.05) is 18.2 Å². The van der Waals surface area contributed by atoms with E-state index in [0.717, 1.165) is 0 Å². The largest absolute Gasteiger partial charge is 0.497 e. The molecule has 0 saturated carbocycles. The monoisotopic (exact) mass is 491 g/mol. The number of carbonyl (C=O) groups is 2. The van der Waals surface area contributed by atoms with Crippen LogP contribution in [0.4, 0.5) is 10.1 Å². The number of benzene rings is 3. The van der Waals surface area contributed by atoms with Gasteiger partial charge in [-0.05, 0) is 54.1 Å². The van der Waals surface area contributed by atoms with Gasteiger partial charge in [-0.2, -0.15) is 0 Å². The first kappa shape index (κ1) is 24.8. The molecule has 9 nitrogen and oxygen atoms in total. The lowest BCUT2D eigenvalue weighted by Gasteiger charge is -2.31. The van der Waals surface area contributed by atoms with Crippen molar-refractivity contribution < 1.29 is 23.5 Å². The van der Waals surface area contributed by atoms with Gasteiger partial charge in [-0.25, -0.2) is 9.07 Å². The molecule has 0 aliphatic heterocycles. The van der Waals surface area contributed by atoms with E-state index in [0.29, 0.717) is 34.6 Å². The molecular weight excluding hydrogens is 465 g/mol. The van der Waals surface area contributed by atoms with E-state index in [9.17, 15) is 14.0 Å². The number of anilines is 1. The number of rotatable bonds is 10. The van der Waals surface area contributed by atoms with Gasteiger partial charge in [0.2, 0.25) is 11.8 Å². The third kappa shape index (κ3) is 5.49. The van der Waals surface area contributed by atoms with Crippen molar-refractivity contribution in [1.29, 1.82) is 0 Å². The molecule has 2 amide bonds. The molecule has 0 radical (unpaired) electrons. The number of nitrogens with zero attached hydrogens (tertiary/aromatic N) is 4. The van der Waals surface area contributed by atoms with Gasteiger partial charge in [0.05, 0.1) is 19.2 Å². The molecule has 4 aromatic rings. The molecule has 4 rings (SSSR count). The number of halogens is 1. The van der Waals surface area contributed by atoms with Crippen molar-refractivity contribution in [1.82, 2.24) is 20.3 Å². The smallest absolute Gasteiger partial charge is 0.249 e. The fraction of sp³-hybridized carbons (Fsp3) is 0.231. The van der Waals surface area contributed by atoms with E-state index in [-0.39, 0.29) is 13.1 Å². The molecule has 10 heteroatoms. The zero-order chi connectivity index (χ0) is 25.5. The highest BCUT2D eigenvalue weighted by Gasteiger charge is 2.33. The molecule has 3 aromatic carbocycles. The van der Waals surface area contributed by atoms with Gasteiger partial charge < -0.3 is 14.8 Å². The fourth-order valence-corrected chi connectivity index (χ4v) is 3.88. The fourth-order valence-electron chi connectivity index (χ4n) is 3.88. The van der Waals surface area contributed by atoms with Crippen LogP contribution in [0.15, 0.2) is 72.8 Å². The Morgan fingerprint density at radius 1 is 1.06 bits per heavy atom. The van der Waals surface area contributed by atoms with Crippen LogP contribution in [0.2, 0.25) is 0 Å². The van der Waals surface area contributed by atoms with Gasteiger partial charge in [0.25, 0.3) is 0 Å². The maximum atomic E-state index is 13.9. The molecule has 0 fully saturated rings. The molecule has 0 unspecified atom stereocenters. The number of methoxy groups -OCH3 is 2. The molecule has 1 heterocycles. The summed E-state index contributed by atoms with van der Waals surface area (Å²) in [4.78, 5) is 28.7. The Balaban J connectivity index is 1.78. The normalized spacial score (nSPS) is 11.8. The molecular formula is C26H26FN5O4. The van der Waals surface area contributed by atoms with E-state index >= 15 is 0 Å². The first-order valence-corrected chi connectivity index (χ1v) is 11.3. The van der Waals surface area contributed by atoms with Crippen LogP contribution in [0.1, 0.15) is 11.6 Å². The van der Waals surface area contributed by atoms with Crippen molar-refractivity contribution in [2.75, 3.05) is 32.3 Å². The van der Waals surface area contributed by atoms with Crippen molar-refractivity contribution >= 4 is 28.5 Å². The Morgan fingerprint density at radius 2 is 1.83 bits per heavy atom. The van der Waals surface area contributed by atoms with Crippen molar-refractivity contribution in [2.24, 2.45) is 0 Å². The van der Waals surface area contributed by atoms with Crippen molar-refractivity contribution in [3.8, 4) is 5.75 Å². The van der Waals surface area contributed by atoms with E-state index in [4.69, 9.17) is 9.47 Å². The van der Waals surface area contributed by atoms with Crippen molar-refractivity contribution in [3.05, 3.63) is 84.2 Å². The molecule has 0 aliphatic rings. The SMILES string of the molecule is COCCNC(=O)[C@@H](c1cccc(OC)c1)N(C(=O)Cn1nnc2ccccc21)c1ccc(F)cc1. The summed E-state index contributed by atoms with van der Waals surface area (Å²) in [7, 11) is 3.05. The lowest BCUT2D eigenvalue weighted by atomic mass is 10.0. The van der Waals surface area contributed by atoms with Gasteiger partial charge in [0.1, 0.15) is 29.7 Å². The van der Waals surface area contributed by atoms with E-state index in [1.54, 1.807) is 30.3 Å². The predicted octanol–water partition coefficient (Wildman–Crippen LogP) is 3.12. The Morgan fingerprint density at radius 3 is 2.58 bits per heavy atom. The Bertz CT molecular complexity index is 1340. The van der Waals surface area contributed by atoms with E-state index in [2.05, 4.69) is 15.6 Å². The highest BCUT2D eigenvalue weighted by atomic mass is 19.1. The summed E-state index contributed by atoms with van der Waals surface area (Å²) >= 11 is 0. The molecule has 1 N–H and O–H groups in total. The Kier molecular flexibility index (Phi) is 7.86. The van der Waals surface area contributed by atoms with Crippen LogP contribution in [-0.2, 0) is 20.9 Å². The van der Waals surface area contributed by atoms with E-state index in [1.165, 1.54) is 48.1 Å². The maximum Gasteiger partial charge on any atom is 0.249 e.